The van der Waals surface area contributed by atoms with Crippen molar-refractivity contribution in [2.75, 3.05) is 13.2 Å². The van der Waals surface area contributed by atoms with Crippen molar-refractivity contribution in [2.45, 2.75) is 25.1 Å². The van der Waals surface area contributed by atoms with E-state index in [4.69, 9.17) is 21.6 Å². The smallest absolute Gasteiger partial charge is 0.257 e. The number of amides is 1. The SMILES string of the molecule is N#Cc1ccc(CN2C(=O)c3ccccc3C2(OCC2(CO)CC2)c2ccc(Cl)cc2)cc1. The second-order valence-electron chi connectivity index (χ2n) is 8.84. The van der Waals surface area contributed by atoms with Gasteiger partial charge in [0.2, 0.25) is 0 Å². The highest BCUT2D eigenvalue weighted by atomic mass is 35.5. The number of nitrogens with zero attached hydrogens (tertiary/aromatic N) is 2. The second kappa shape index (κ2) is 8.31. The van der Waals surface area contributed by atoms with Crippen LogP contribution in [-0.4, -0.2) is 29.1 Å². The molecule has 1 fully saturated rings. The molecule has 0 radical (unpaired) electrons. The predicted octanol–water partition coefficient (Wildman–Crippen LogP) is 4.86. The quantitative estimate of drug-likeness (QED) is 0.548. The molecule has 3 aromatic carbocycles. The number of halogens is 1. The summed E-state index contributed by atoms with van der Waals surface area (Å²) in [5, 5.41) is 19.6. The maximum absolute atomic E-state index is 13.7. The molecule has 0 spiro atoms. The van der Waals surface area contributed by atoms with Crippen molar-refractivity contribution in [3.63, 3.8) is 0 Å². The molecule has 1 N–H and O–H groups in total. The van der Waals surface area contributed by atoms with Gasteiger partial charge in [-0.2, -0.15) is 5.26 Å². The van der Waals surface area contributed by atoms with Gasteiger partial charge in [-0.3, -0.25) is 9.69 Å². The molecule has 0 aromatic heterocycles. The minimum atomic E-state index is -1.16. The van der Waals surface area contributed by atoms with Crippen LogP contribution >= 0.6 is 11.6 Å². The van der Waals surface area contributed by atoms with Crippen LogP contribution in [0.15, 0.2) is 72.8 Å². The monoisotopic (exact) mass is 458 g/mol. The summed E-state index contributed by atoms with van der Waals surface area (Å²) < 4.78 is 6.71. The number of nitriles is 1. The van der Waals surface area contributed by atoms with Crippen LogP contribution in [0.4, 0.5) is 0 Å². The highest BCUT2D eigenvalue weighted by Gasteiger charge is 2.54. The molecule has 0 saturated heterocycles. The van der Waals surface area contributed by atoms with Crippen molar-refractivity contribution in [1.29, 1.82) is 5.26 Å². The molecule has 1 aliphatic carbocycles. The Bertz CT molecular complexity index is 1230. The largest absolute Gasteiger partial charge is 0.396 e. The van der Waals surface area contributed by atoms with Crippen LogP contribution in [0.3, 0.4) is 0 Å². The zero-order valence-electron chi connectivity index (χ0n) is 18.0. The molecule has 5 nitrogen and oxygen atoms in total. The van der Waals surface area contributed by atoms with E-state index in [0.29, 0.717) is 29.3 Å². The Labute approximate surface area is 197 Å². The average molecular weight is 459 g/mol. The Morgan fingerprint density at radius 1 is 1.03 bits per heavy atom. The molecule has 5 rings (SSSR count). The van der Waals surface area contributed by atoms with E-state index >= 15 is 0 Å². The first-order valence-electron chi connectivity index (χ1n) is 10.9. The van der Waals surface area contributed by atoms with Gasteiger partial charge in [0.15, 0.2) is 5.72 Å². The van der Waals surface area contributed by atoms with E-state index in [2.05, 4.69) is 6.07 Å². The summed E-state index contributed by atoms with van der Waals surface area (Å²) in [7, 11) is 0. The first-order chi connectivity index (χ1) is 16.0. The van der Waals surface area contributed by atoms with Crippen molar-refractivity contribution in [2.24, 2.45) is 5.41 Å². The number of carbonyl (C=O) groups is 1. The van der Waals surface area contributed by atoms with Gasteiger partial charge in [0.1, 0.15) is 0 Å². The summed E-state index contributed by atoms with van der Waals surface area (Å²) in [6.07, 6.45) is 1.79. The maximum Gasteiger partial charge on any atom is 0.257 e. The van der Waals surface area contributed by atoms with Crippen molar-refractivity contribution < 1.29 is 14.6 Å². The van der Waals surface area contributed by atoms with Crippen LogP contribution < -0.4 is 0 Å². The van der Waals surface area contributed by atoms with E-state index in [1.54, 1.807) is 29.2 Å². The molecule has 0 bridgehead atoms. The van der Waals surface area contributed by atoms with Crippen LogP contribution in [-0.2, 0) is 17.0 Å². The molecule has 2 aliphatic rings. The summed E-state index contributed by atoms with van der Waals surface area (Å²) in [4.78, 5) is 15.5. The number of aliphatic hydroxyl groups excluding tert-OH is 1. The Morgan fingerprint density at radius 2 is 1.73 bits per heavy atom. The molecular weight excluding hydrogens is 436 g/mol. The van der Waals surface area contributed by atoms with Gasteiger partial charge >= 0.3 is 0 Å². The van der Waals surface area contributed by atoms with E-state index in [0.717, 1.165) is 29.5 Å². The molecule has 1 amide bonds. The van der Waals surface area contributed by atoms with Gasteiger partial charge in [-0.1, -0.05) is 54.1 Å². The molecule has 1 saturated carbocycles. The Morgan fingerprint density at radius 3 is 2.36 bits per heavy atom. The van der Waals surface area contributed by atoms with Gasteiger partial charge in [-0.15, -0.1) is 0 Å². The Kier molecular flexibility index (Phi) is 5.46. The molecular formula is C27H23ClN2O3. The van der Waals surface area contributed by atoms with E-state index in [1.165, 1.54) is 0 Å². The number of benzene rings is 3. The highest BCUT2D eigenvalue weighted by Crippen LogP contribution is 2.51. The van der Waals surface area contributed by atoms with Crippen LogP contribution in [0, 0.1) is 16.7 Å². The normalized spacial score (nSPS) is 20.4. The Balaban J connectivity index is 1.64. The summed E-state index contributed by atoms with van der Waals surface area (Å²) in [6, 6.07) is 24.2. The minimum Gasteiger partial charge on any atom is -0.396 e. The highest BCUT2D eigenvalue weighted by molar-refractivity contribution is 6.30. The second-order valence-corrected chi connectivity index (χ2v) is 9.28. The van der Waals surface area contributed by atoms with Gasteiger partial charge in [-0.25, -0.2) is 0 Å². The summed E-state index contributed by atoms with van der Waals surface area (Å²) in [5.41, 5.74) is 2.20. The number of carbonyl (C=O) groups excluding carboxylic acids is 1. The number of rotatable bonds is 7. The van der Waals surface area contributed by atoms with E-state index in [-0.39, 0.29) is 17.9 Å². The fourth-order valence-electron chi connectivity index (χ4n) is 4.46. The predicted molar refractivity (Wildman–Crippen MR) is 124 cm³/mol. The standard InChI is InChI=1S/C27H23ClN2O3/c28-22-11-9-21(10-12-22)27(33-18-26(17-31)13-14-26)24-4-2-1-3-23(24)25(32)30(27)16-20-7-5-19(15-29)6-8-20/h1-12,31H,13-14,16-18H2. The lowest BCUT2D eigenvalue weighted by Crippen LogP contribution is -2.47. The molecule has 1 atom stereocenters. The first-order valence-corrected chi connectivity index (χ1v) is 11.3. The molecule has 1 aliphatic heterocycles. The maximum atomic E-state index is 13.7. The average Bonchev–Trinajstić information content (AvgIpc) is 3.61. The van der Waals surface area contributed by atoms with Crippen LogP contribution in [0.1, 0.15) is 45.5 Å². The zero-order chi connectivity index (χ0) is 23.1. The number of ether oxygens (including phenoxy) is 1. The van der Waals surface area contributed by atoms with E-state index in [9.17, 15) is 9.90 Å². The van der Waals surface area contributed by atoms with Gasteiger partial charge in [0.25, 0.3) is 5.91 Å². The van der Waals surface area contributed by atoms with E-state index in [1.807, 2.05) is 48.5 Å². The van der Waals surface area contributed by atoms with Crippen LogP contribution in [0.25, 0.3) is 0 Å². The number of hydrogen-bond acceptors (Lipinski definition) is 4. The summed E-state index contributed by atoms with van der Waals surface area (Å²) in [5.74, 6) is -0.126. The Hall–Kier alpha value is -3.17. The fourth-order valence-corrected chi connectivity index (χ4v) is 4.58. The molecule has 6 heteroatoms. The first kappa shape index (κ1) is 21.7. The van der Waals surface area contributed by atoms with E-state index < -0.39 is 5.72 Å². The molecule has 1 unspecified atom stereocenters. The molecule has 166 valence electrons. The lowest BCUT2D eigenvalue weighted by molar-refractivity contribution is -0.128. The van der Waals surface area contributed by atoms with Crippen molar-refractivity contribution in [1.82, 2.24) is 4.90 Å². The fraction of sp³-hybridized carbons (Fsp3) is 0.259. The molecule has 3 aromatic rings. The summed E-state index contributed by atoms with van der Waals surface area (Å²) >= 11 is 6.19. The van der Waals surface area contributed by atoms with Crippen molar-refractivity contribution >= 4 is 17.5 Å². The van der Waals surface area contributed by atoms with Crippen LogP contribution in [0.2, 0.25) is 5.02 Å². The number of aliphatic hydroxyl groups is 1. The third-order valence-electron chi connectivity index (χ3n) is 6.69. The molecule has 33 heavy (non-hydrogen) atoms. The van der Waals surface area contributed by atoms with Gasteiger partial charge in [0, 0.05) is 33.7 Å². The topological polar surface area (TPSA) is 73.6 Å². The lowest BCUT2D eigenvalue weighted by Gasteiger charge is -2.40. The van der Waals surface area contributed by atoms with Gasteiger partial charge in [-0.05, 0) is 48.7 Å². The van der Waals surface area contributed by atoms with Crippen molar-refractivity contribution in [3.8, 4) is 6.07 Å². The minimum absolute atomic E-state index is 0.0505. The zero-order valence-corrected chi connectivity index (χ0v) is 18.8. The third-order valence-corrected chi connectivity index (χ3v) is 6.94. The van der Waals surface area contributed by atoms with Crippen molar-refractivity contribution in [3.05, 3.63) is 106 Å². The van der Waals surface area contributed by atoms with Gasteiger partial charge in [0.05, 0.1) is 24.8 Å². The number of fused-ring (bicyclic) bond motifs is 1. The third kappa shape index (κ3) is 3.71. The van der Waals surface area contributed by atoms with Gasteiger partial charge < -0.3 is 9.84 Å². The molecule has 1 heterocycles. The summed E-state index contributed by atoms with van der Waals surface area (Å²) in [6.45, 7) is 0.681. The lowest BCUT2D eigenvalue weighted by atomic mass is 9.92. The van der Waals surface area contributed by atoms with Crippen LogP contribution in [0.5, 0.6) is 0 Å². The number of hydrogen-bond donors (Lipinski definition) is 1.